The Kier molecular flexibility index (Phi) is 6.51. The Morgan fingerprint density at radius 3 is 2.36 bits per heavy atom. The van der Waals surface area contributed by atoms with Gasteiger partial charge in [0.25, 0.3) is 0 Å². The summed E-state index contributed by atoms with van der Waals surface area (Å²) in [5, 5.41) is 9.55. The summed E-state index contributed by atoms with van der Waals surface area (Å²) < 4.78 is 9.77. The molecule has 1 aromatic carbocycles. The van der Waals surface area contributed by atoms with Gasteiger partial charge in [0.05, 0.1) is 30.4 Å². The van der Waals surface area contributed by atoms with Crippen molar-refractivity contribution in [1.29, 1.82) is 5.26 Å². The molecule has 0 saturated heterocycles. The van der Waals surface area contributed by atoms with Crippen molar-refractivity contribution >= 4 is 23.8 Å². The van der Waals surface area contributed by atoms with Crippen LogP contribution < -0.4 is 0 Å². The van der Waals surface area contributed by atoms with Gasteiger partial charge in [-0.1, -0.05) is 18.2 Å². The number of esters is 2. The molecule has 0 aliphatic rings. The number of ether oxygens (including phenoxy) is 2. The molecular weight excluding hydrogens is 360 g/mol. The fourth-order valence-corrected chi connectivity index (χ4v) is 2.88. The van der Waals surface area contributed by atoms with E-state index in [1.807, 2.05) is 6.07 Å². The minimum Gasteiger partial charge on any atom is -0.465 e. The fraction of sp³-hybridized carbons (Fsp3) is 0.238. The number of aromatic amines is 1. The third-order valence-corrected chi connectivity index (χ3v) is 4.11. The Morgan fingerprint density at radius 1 is 1.11 bits per heavy atom. The lowest BCUT2D eigenvalue weighted by Gasteiger charge is -2.07. The molecule has 2 rings (SSSR count). The van der Waals surface area contributed by atoms with E-state index >= 15 is 0 Å². The number of carbonyl (C=O) groups is 3. The molecular formula is C21H20N2O5. The van der Waals surface area contributed by atoms with Crippen molar-refractivity contribution in [2.75, 3.05) is 13.7 Å². The molecule has 0 saturated carbocycles. The molecule has 1 heterocycles. The van der Waals surface area contributed by atoms with Crippen molar-refractivity contribution in [3.05, 3.63) is 63.5 Å². The van der Waals surface area contributed by atoms with Gasteiger partial charge in [-0.05, 0) is 38.5 Å². The standard InChI is InChI=1S/C21H20N2O5/c1-5-28-21(26)18-13(3)23-12(2)17(18)19(24)15(11-22)10-14-8-6-7-9-16(14)20(25)27-4/h6-10,23H,5H2,1-4H3/b15-10+. The Morgan fingerprint density at radius 2 is 1.75 bits per heavy atom. The number of aryl methyl sites for hydroxylation is 2. The van der Waals surface area contributed by atoms with Crippen molar-refractivity contribution < 1.29 is 23.9 Å². The molecule has 1 aromatic heterocycles. The summed E-state index contributed by atoms with van der Waals surface area (Å²) in [6.45, 7) is 5.11. The zero-order valence-corrected chi connectivity index (χ0v) is 16.1. The lowest BCUT2D eigenvalue weighted by molar-refractivity contribution is 0.0522. The maximum Gasteiger partial charge on any atom is 0.340 e. The number of rotatable bonds is 6. The second-order valence-corrected chi connectivity index (χ2v) is 5.92. The van der Waals surface area contributed by atoms with E-state index in [0.717, 1.165) is 0 Å². The molecule has 7 heteroatoms. The second kappa shape index (κ2) is 8.82. The van der Waals surface area contributed by atoms with Crippen molar-refractivity contribution in [3.63, 3.8) is 0 Å². The van der Waals surface area contributed by atoms with Crippen LogP contribution in [-0.4, -0.2) is 36.4 Å². The molecule has 0 atom stereocenters. The van der Waals surface area contributed by atoms with Gasteiger partial charge in [0, 0.05) is 11.4 Å². The topological polar surface area (TPSA) is 109 Å². The number of benzene rings is 1. The fourth-order valence-electron chi connectivity index (χ4n) is 2.88. The summed E-state index contributed by atoms with van der Waals surface area (Å²) in [4.78, 5) is 40.2. The Labute approximate surface area is 162 Å². The average molecular weight is 380 g/mol. The number of nitrogens with zero attached hydrogens (tertiary/aromatic N) is 1. The SMILES string of the molecule is CCOC(=O)c1c(C)[nH]c(C)c1C(=O)/C(C#N)=C/c1ccccc1C(=O)OC. The van der Waals surface area contributed by atoms with E-state index in [1.54, 1.807) is 39.0 Å². The molecule has 0 unspecified atom stereocenters. The number of nitrogens with one attached hydrogen (secondary N) is 1. The van der Waals surface area contributed by atoms with Crippen molar-refractivity contribution in [2.45, 2.75) is 20.8 Å². The zero-order chi connectivity index (χ0) is 20.8. The number of hydrogen-bond donors (Lipinski definition) is 1. The van der Waals surface area contributed by atoms with Gasteiger partial charge in [-0.3, -0.25) is 4.79 Å². The lowest BCUT2D eigenvalue weighted by atomic mass is 9.96. The van der Waals surface area contributed by atoms with Crippen LogP contribution in [0.1, 0.15) is 54.9 Å². The maximum absolute atomic E-state index is 13.1. The Balaban J connectivity index is 2.58. The summed E-state index contributed by atoms with van der Waals surface area (Å²) in [6, 6.07) is 8.31. The summed E-state index contributed by atoms with van der Waals surface area (Å²) >= 11 is 0. The highest BCUT2D eigenvalue weighted by Crippen LogP contribution is 2.24. The molecule has 0 aliphatic heterocycles. The molecule has 1 N–H and O–H groups in total. The van der Waals surface area contributed by atoms with Gasteiger partial charge in [0.15, 0.2) is 0 Å². The van der Waals surface area contributed by atoms with Gasteiger partial charge in [-0.2, -0.15) is 5.26 Å². The highest BCUT2D eigenvalue weighted by Gasteiger charge is 2.27. The first-order chi connectivity index (χ1) is 13.3. The highest BCUT2D eigenvalue weighted by molar-refractivity contribution is 6.19. The third kappa shape index (κ3) is 4.01. The first-order valence-electron chi connectivity index (χ1n) is 8.55. The normalized spacial score (nSPS) is 10.9. The first-order valence-corrected chi connectivity index (χ1v) is 8.55. The van der Waals surface area contributed by atoms with E-state index in [1.165, 1.54) is 19.3 Å². The number of methoxy groups -OCH3 is 1. The van der Waals surface area contributed by atoms with Crippen LogP contribution in [0, 0.1) is 25.2 Å². The predicted octanol–water partition coefficient (Wildman–Crippen LogP) is 3.38. The van der Waals surface area contributed by atoms with Gasteiger partial charge in [0.1, 0.15) is 11.6 Å². The number of allylic oxidation sites excluding steroid dienone is 1. The van der Waals surface area contributed by atoms with Crippen LogP contribution in [0.5, 0.6) is 0 Å². The van der Waals surface area contributed by atoms with Crippen molar-refractivity contribution in [3.8, 4) is 6.07 Å². The number of hydrogen-bond acceptors (Lipinski definition) is 6. The van der Waals surface area contributed by atoms with Crippen LogP contribution in [0.25, 0.3) is 6.08 Å². The second-order valence-electron chi connectivity index (χ2n) is 5.92. The van der Waals surface area contributed by atoms with E-state index in [4.69, 9.17) is 9.47 Å². The van der Waals surface area contributed by atoms with E-state index in [2.05, 4.69) is 4.98 Å². The van der Waals surface area contributed by atoms with Crippen LogP contribution in [0.4, 0.5) is 0 Å². The molecule has 0 radical (unpaired) electrons. The van der Waals surface area contributed by atoms with Gasteiger partial charge in [-0.25, -0.2) is 9.59 Å². The molecule has 0 bridgehead atoms. The number of aromatic nitrogens is 1. The summed E-state index contributed by atoms with van der Waals surface area (Å²) in [7, 11) is 1.25. The molecule has 0 spiro atoms. The van der Waals surface area contributed by atoms with Gasteiger partial charge < -0.3 is 14.5 Å². The largest absolute Gasteiger partial charge is 0.465 e. The maximum atomic E-state index is 13.1. The van der Waals surface area contributed by atoms with E-state index in [9.17, 15) is 19.6 Å². The van der Waals surface area contributed by atoms with Crippen molar-refractivity contribution in [1.82, 2.24) is 4.98 Å². The Hall–Kier alpha value is -3.66. The smallest absolute Gasteiger partial charge is 0.340 e. The number of ketones is 1. The predicted molar refractivity (Wildman–Crippen MR) is 102 cm³/mol. The van der Waals surface area contributed by atoms with Gasteiger partial charge in [-0.15, -0.1) is 0 Å². The summed E-state index contributed by atoms with van der Waals surface area (Å²) in [5.41, 5.74) is 1.48. The minimum absolute atomic E-state index is 0.0827. The molecule has 144 valence electrons. The summed E-state index contributed by atoms with van der Waals surface area (Å²) in [5.74, 6) is -1.86. The van der Waals surface area contributed by atoms with E-state index in [-0.39, 0.29) is 28.9 Å². The van der Waals surface area contributed by atoms with Gasteiger partial charge in [0.2, 0.25) is 5.78 Å². The molecule has 7 nitrogen and oxygen atoms in total. The van der Waals surface area contributed by atoms with Crippen LogP contribution in [-0.2, 0) is 9.47 Å². The van der Waals surface area contributed by atoms with Crippen LogP contribution in [0.15, 0.2) is 29.8 Å². The molecule has 0 fully saturated rings. The molecule has 0 aliphatic carbocycles. The zero-order valence-electron chi connectivity index (χ0n) is 16.1. The van der Waals surface area contributed by atoms with Gasteiger partial charge >= 0.3 is 11.9 Å². The summed E-state index contributed by atoms with van der Waals surface area (Å²) in [6.07, 6.45) is 1.31. The minimum atomic E-state index is -0.639. The quantitative estimate of drug-likeness (QED) is 0.356. The average Bonchev–Trinajstić information content (AvgIpc) is 2.99. The number of carbonyl (C=O) groups excluding carboxylic acids is 3. The van der Waals surface area contributed by atoms with E-state index in [0.29, 0.717) is 17.0 Å². The molecule has 28 heavy (non-hydrogen) atoms. The molecule has 0 amide bonds. The highest BCUT2D eigenvalue weighted by atomic mass is 16.5. The van der Waals surface area contributed by atoms with Crippen LogP contribution in [0.2, 0.25) is 0 Å². The number of nitriles is 1. The first kappa shape index (κ1) is 20.6. The Bertz CT molecular complexity index is 1010. The monoisotopic (exact) mass is 380 g/mol. The van der Waals surface area contributed by atoms with Crippen LogP contribution >= 0.6 is 0 Å². The number of Topliss-reactive ketones (excluding diaryl/α,β-unsaturated/α-hetero) is 1. The molecule has 2 aromatic rings. The third-order valence-electron chi connectivity index (χ3n) is 4.11. The van der Waals surface area contributed by atoms with Crippen LogP contribution in [0.3, 0.4) is 0 Å². The number of H-pyrrole nitrogens is 1. The van der Waals surface area contributed by atoms with E-state index < -0.39 is 17.7 Å². The lowest BCUT2D eigenvalue weighted by Crippen LogP contribution is -2.13. The van der Waals surface area contributed by atoms with Crippen molar-refractivity contribution in [2.24, 2.45) is 0 Å².